The summed E-state index contributed by atoms with van der Waals surface area (Å²) >= 11 is 0. The highest BCUT2D eigenvalue weighted by Crippen LogP contribution is 2.32. The van der Waals surface area contributed by atoms with Gasteiger partial charge in [0.1, 0.15) is 11.3 Å². The van der Waals surface area contributed by atoms with Crippen LogP contribution in [0.5, 0.6) is 0 Å². The molecule has 2 aromatic heterocycles. The average Bonchev–Trinajstić information content (AvgIpc) is 3.10. The number of aromatic nitrogens is 1. The van der Waals surface area contributed by atoms with Crippen molar-refractivity contribution < 1.29 is 9.52 Å². The lowest BCUT2D eigenvalue weighted by Crippen LogP contribution is -2.50. The van der Waals surface area contributed by atoms with Gasteiger partial charge in [-0.15, -0.1) is 0 Å². The largest absolute Gasteiger partial charge is 0.456 e. The Morgan fingerprint density at radius 2 is 2.18 bits per heavy atom. The number of β-amino-alcohol motifs (C(OH)–C–C–N with tert-alkyl or cyclic N) is 1. The minimum Gasteiger partial charge on any atom is -0.456 e. The molecule has 146 valence electrons. The van der Waals surface area contributed by atoms with Crippen LogP contribution in [0.2, 0.25) is 0 Å². The fourth-order valence-corrected chi connectivity index (χ4v) is 3.88. The number of nitrogens with zero attached hydrogens (tertiary/aromatic N) is 2. The van der Waals surface area contributed by atoms with Gasteiger partial charge >= 0.3 is 0 Å². The van der Waals surface area contributed by atoms with Crippen molar-refractivity contribution in [3.05, 3.63) is 59.4 Å². The van der Waals surface area contributed by atoms with Crippen LogP contribution in [0.15, 0.2) is 52.7 Å². The number of aliphatic hydroxyl groups excluding tert-OH is 1. The molecule has 2 atom stereocenters. The minimum atomic E-state index is -0.449. The number of hydrogen-bond acceptors (Lipinski definition) is 5. The van der Waals surface area contributed by atoms with Gasteiger partial charge in [-0.2, -0.15) is 0 Å². The Kier molecular flexibility index (Phi) is 5.31. The molecule has 3 N–H and O–H groups in total. The highest BCUT2D eigenvalue weighted by molar-refractivity contribution is 5.85. The Labute approximate surface area is 165 Å². The molecule has 1 aliphatic heterocycles. The van der Waals surface area contributed by atoms with Gasteiger partial charge < -0.3 is 15.3 Å². The Balaban J connectivity index is 1.63. The number of fused-ring (bicyclic) bond motifs is 1. The smallest absolute Gasteiger partial charge is 0.137 e. The van der Waals surface area contributed by atoms with E-state index in [9.17, 15) is 5.11 Å². The molecule has 3 aromatic rings. The lowest BCUT2D eigenvalue weighted by molar-refractivity contribution is 0.0582. The molecule has 0 aliphatic carbocycles. The number of aryl methyl sites for hydroxylation is 1. The van der Waals surface area contributed by atoms with Crippen molar-refractivity contribution in [2.75, 3.05) is 19.6 Å². The van der Waals surface area contributed by atoms with Crippen LogP contribution in [0.1, 0.15) is 24.5 Å². The zero-order valence-corrected chi connectivity index (χ0v) is 16.4. The van der Waals surface area contributed by atoms with E-state index >= 15 is 0 Å². The fraction of sp³-hybridized carbons (Fsp3) is 0.348. The molecule has 0 radical (unpaired) electrons. The topological polar surface area (TPSA) is 75.5 Å². The van der Waals surface area contributed by atoms with Gasteiger partial charge in [0.2, 0.25) is 0 Å². The number of para-hydroxylation sites is 1. The first-order valence-corrected chi connectivity index (χ1v) is 9.78. The molecule has 0 amide bonds. The number of benzene rings is 1. The molecule has 2 unspecified atom stereocenters. The molecule has 28 heavy (non-hydrogen) atoms. The summed E-state index contributed by atoms with van der Waals surface area (Å²) in [5.74, 6) is 0.829. The number of pyridine rings is 1. The van der Waals surface area contributed by atoms with Crippen molar-refractivity contribution >= 4 is 17.0 Å². The number of aliphatic hydroxyl groups is 1. The van der Waals surface area contributed by atoms with Crippen molar-refractivity contribution in [1.82, 2.24) is 9.88 Å². The Morgan fingerprint density at radius 1 is 1.36 bits per heavy atom. The van der Waals surface area contributed by atoms with E-state index in [2.05, 4.69) is 41.9 Å². The van der Waals surface area contributed by atoms with Gasteiger partial charge in [-0.05, 0) is 43.5 Å². The van der Waals surface area contributed by atoms with Crippen LogP contribution in [0, 0.1) is 6.92 Å². The molecule has 5 nitrogen and oxygen atoms in total. The molecule has 3 heterocycles. The second kappa shape index (κ2) is 7.87. The summed E-state index contributed by atoms with van der Waals surface area (Å²) in [7, 11) is 0. The fourth-order valence-electron chi connectivity index (χ4n) is 3.88. The molecule has 0 bridgehead atoms. The molecule has 1 fully saturated rings. The van der Waals surface area contributed by atoms with E-state index < -0.39 is 6.10 Å². The lowest BCUT2D eigenvalue weighted by Gasteiger charge is -2.34. The summed E-state index contributed by atoms with van der Waals surface area (Å²) in [5.41, 5.74) is 11.3. The van der Waals surface area contributed by atoms with Crippen LogP contribution >= 0.6 is 0 Å². The molecule has 1 saturated heterocycles. The Morgan fingerprint density at radius 3 is 2.96 bits per heavy atom. The third-order valence-corrected chi connectivity index (χ3v) is 5.46. The molecule has 5 heteroatoms. The summed E-state index contributed by atoms with van der Waals surface area (Å²) < 4.78 is 6.08. The van der Waals surface area contributed by atoms with Crippen LogP contribution in [0.3, 0.4) is 0 Å². The number of nitrogens with two attached hydrogens (primary N) is 1. The van der Waals surface area contributed by atoms with Gasteiger partial charge in [0.05, 0.1) is 6.10 Å². The van der Waals surface area contributed by atoms with E-state index in [-0.39, 0.29) is 6.04 Å². The molecule has 1 aromatic carbocycles. The van der Waals surface area contributed by atoms with Gasteiger partial charge in [0.25, 0.3) is 0 Å². The average molecular weight is 377 g/mol. The van der Waals surface area contributed by atoms with Crippen LogP contribution in [0.25, 0.3) is 28.4 Å². The highest BCUT2D eigenvalue weighted by atomic mass is 16.3. The maximum absolute atomic E-state index is 10.0. The number of rotatable bonds is 4. The van der Waals surface area contributed by atoms with Crippen LogP contribution in [-0.2, 0) is 0 Å². The molecular weight excluding hydrogens is 350 g/mol. The Hall–Kier alpha value is -2.47. The molecule has 0 saturated carbocycles. The predicted octanol–water partition coefficient (Wildman–Crippen LogP) is 3.60. The third-order valence-electron chi connectivity index (χ3n) is 5.46. The first-order chi connectivity index (χ1) is 13.5. The van der Waals surface area contributed by atoms with Gasteiger partial charge in [-0.3, -0.25) is 9.88 Å². The SMILES string of the molecule is C/C(=C\c1c(C)cncc1-c1cc2ccccc2o1)CN1CCC(N)C(O)C1. The van der Waals surface area contributed by atoms with E-state index in [1.165, 1.54) is 5.57 Å². The first-order valence-electron chi connectivity index (χ1n) is 9.78. The predicted molar refractivity (Wildman–Crippen MR) is 113 cm³/mol. The van der Waals surface area contributed by atoms with Gasteiger partial charge in [-0.1, -0.05) is 29.8 Å². The van der Waals surface area contributed by atoms with Gasteiger partial charge in [0, 0.05) is 49.0 Å². The minimum absolute atomic E-state index is 0.109. The maximum Gasteiger partial charge on any atom is 0.137 e. The normalized spacial score (nSPS) is 21.4. The summed E-state index contributed by atoms with van der Waals surface area (Å²) in [5, 5.41) is 11.1. The summed E-state index contributed by atoms with van der Waals surface area (Å²) in [4.78, 5) is 6.65. The molecule has 4 rings (SSSR count). The van der Waals surface area contributed by atoms with E-state index in [0.717, 1.165) is 52.9 Å². The van der Waals surface area contributed by atoms with Crippen LogP contribution in [0.4, 0.5) is 0 Å². The first kappa shape index (κ1) is 18.9. The van der Waals surface area contributed by atoms with E-state index in [4.69, 9.17) is 10.2 Å². The van der Waals surface area contributed by atoms with E-state index in [1.807, 2.05) is 30.6 Å². The molecule has 0 spiro atoms. The number of furan rings is 1. The van der Waals surface area contributed by atoms with E-state index in [1.54, 1.807) is 0 Å². The zero-order chi connectivity index (χ0) is 19.7. The quantitative estimate of drug-likeness (QED) is 0.727. The van der Waals surface area contributed by atoms with Crippen molar-refractivity contribution in [2.24, 2.45) is 5.73 Å². The zero-order valence-electron chi connectivity index (χ0n) is 16.4. The van der Waals surface area contributed by atoms with Crippen molar-refractivity contribution in [3.8, 4) is 11.3 Å². The molecular formula is C23H27N3O2. The number of piperidine rings is 1. The highest BCUT2D eigenvalue weighted by Gasteiger charge is 2.24. The van der Waals surface area contributed by atoms with E-state index in [0.29, 0.717) is 6.54 Å². The monoisotopic (exact) mass is 377 g/mol. The second-order valence-corrected chi connectivity index (χ2v) is 7.81. The van der Waals surface area contributed by atoms with Crippen LogP contribution in [-0.4, -0.2) is 46.8 Å². The lowest BCUT2D eigenvalue weighted by atomic mass is 9.99. The maximum atomic E-state index is 10.0. The Bertz CT molecular complexity index is 975. The van der Waals surface area contributed by atoms with Crippen molar-refractivity contribution in [3.63, 3.8) is 0 Å². The van der Waals surface area contributed by atoms with Gasteiger partial charge in [-0.25, -0.2) is 0 Å². The summed E-state index contributed by atoms with van der Waals surface area (Å²) in [6.45, 7) is 6.55. The molecule has 1 aliphatic rings. The standard InChI is InChI=1S/C23H27N3O2/c1-15(13-26-8-7-20(24)21(27)14-26)9-18-16(2)11-25-12-19(18)23-10-17-5-3-4-6-22(17)28-23/h3-6,9-12,20-21,27H,7-8,13-14,24H2,1-2H3/b15-9+. The van der Waals surface area contributed by atoms with Crippen LogP contribution < -0.4 is 5.73 Å². The second-order valence-electron chi connectivity index (χ2n) is 7.81. The van der Waals surface area contributed by atoms with Crippen molar-refractivity contribution in [1.29, 1.82) is 0 Å². The summed E-state index contributed by atoms with van der Waals surface area (Å²) in [6.07, 6.45) is 6.34. The third kappa shape index (κ3) is 3.87. The van der Waals surface area contributed by atoms with Gasteiger partial charge in [0.15, 0.2) is 0 Å². The number of likely N-dealkylation sites (tertiary alicyclic amines) is 1. The van der Waals surface area contributed by atoms with Crippen molar-refractivity contribution in [2.45, 2.75) is 32.4 Å². The summed E-state index contributed by atoms with van der Waals surface area (Å²) in [6, 6.07) is 9.99. The number of hydrogen-bond donors (Lipinski definition) is 2.